The zero-order valence-electron chi connectivity index (χ0n) is 15.2. The summed E-state index contributed by atoms with van der Waals surface area (Å²) in [4.78, 5) is 21.9. The lowest BCUT2D eigenvalue weighted by Gasteiger charge is -2.45. The van der Waals surface area contributed by atoms with Gasteiger partial charge in [-0.05, 0) is 13.8 Å². The van der Waals surface area contributed by atoms with Crippen LogP contribution in [0.5, 0.6) is 0 Å². The molecule has 0 radical (unpaired) electrons. The van der Waals surface area contributed by atoms with Gasteiger partial charge in [-0.3, -0.25) is 9.59 Å². The molecule has 0 unspecified atom stereocenters. The van der Waals surface area contributed by atoms with Gasteiger partial charge in [0, 0.05) is 13.8 Å². The van der Waals surface area contributed by atoms with E-state index in [-0.39, 0.29) is 0 Å². The number of carbonyl (C=O) groups excluding carboxylic acids is 2. The Morgan fingerprint density at radius 2 is 1.56 bits per heavy atom. The highest BCUT2D eigenvalue weighted by atomic mass is 127. The molecular formula is C16H23BrFIO8. The van der Waals surface area contributed by atoms with E-state index in [1.54, 1.807) is 13.8 Å². The van der Waals surface area contributed by atoms with Gasteiger partial charge in [-0.25, -0.2) is 4.39 Å². The maximum atomic E-state index is 14.2. The van der Waals surface area contributed by atoms with Gasteiger partial charge in [0.25, 0.3) is 0 Å². The highest BCUT2D eigenvalue weighted by Crippen LogP contribution is 2.36. The molecule has 27 heavy (non-hydrogen) atoms. The maximum absolute atomic E-state index is 14.2. The number of rotatable bonds is 4. The lowest BCUT2D eigenvalue weighted by molar-refractivity contribution is -0.289. The molecule has 2 fully saturated rings. The molecule has 2 heterocycles. The minimum atomic E-state index is -1.62. The molecule has 2 aliphatic rings. The van der Waals surface area contributed by atoms with Crippen LogP contribution in [0.15, 0.2) is 0 Å². The summed E-state index contributed by atoms with van der Waals surface area (Å²) in [5, 5.41) is 10.5. The number of carbonyl (C=O) groups is 2. The lowest BCUT2D eigenvalue weighted by atomic mass is 10.00. The van der Waals surface area contributed by atoms with Crippen molar-refractivity contribution in [2.75, 3.05) is 0 Å². The van der Waals surface area contributed by atoms with E-state index in [1.165, 1.54) is 13.8 Å². The fraction of sp³-hybridized carbons (Fsp3) is 0.875. The van der Waals surface area contributed by atoms with Gasteiger partial charge in [0.2, 0.25) is 6.36 Å². The van der Waals surface area contributed by atoms with Crippen LogP contribution in [-0.2, 0) is 33.3 Å². The number of hydrogen-bond donors (Lipinski definition) is 1. The third-order valence-corrected chi connectivity index (χ3v) is 6.57. The molecule has 0 aromatic carbocycles. The third kappa shape index (κ3) is 5.50. The normalized spacial score (nSPS) is 45.2. The summed E-state index contributed by atoms with van der Waals surface area (Å²) in [7, 11) is 0. The van der Waals surface area contributed by atoms with Crippen molar-refractivity contribution < 1.29 is 42.8 Å². The van der Waals surface area contributed by atoms with E-state index in [9.17, 15) is 19.1 Å². The quantitative estimate of drug-likeness (QED) is 0.310. The molecule has 8 nitrogen and oxygen atoms in total. The summed E-state index contributed by atoms with van der Waals surface area (Å²) in [6.07, 6.45) is -7.71. The zero-order chi connectivity index (χ0) is 20.5. The van der Waals surface area contributed by atoms with E-state index in [0.717, 1.165) is 0 Å². The van der Waals surface area contributed by atoms with E-state index in [1.807, 2.05) is 22.6 Å². The number of esters is 2. The third-order valence-electron chi connectivity index (χ3n) is 4.32. The van der Waals surface area contributed by atoms with Crippen LogP contribution in [0.2, 0.25) is 0 Å². The Hall–Kier alpha value is -0.0800. The second kappa shape index (κ2) is 9.61. The van der Waals surface area contributed by atoms with E-state index >= 15 is 0 Å². The number of ether oxygens (including phenoxy) is 5. The van der Waals surface area contributed by atoms with E-state index in [4.69, 9.17) is 23.7 Å². The summed E-state index contributed by atoms with van der Waals surface area (Å²) in [5.41, 5.74) is 0. The predicted octanol–water partition coefficient (Wildman–Crippen LogP) is 1.62. The molecule has 2 saturated heterocycles. The van der Waals surface area contributed by atoms with Crippen molar-refractivity contribution in [2.45, 2.75) is 85.7 Å². The number of aliphatic hydroxyl groups excluding tert-OH is 1. The van der Waals surface area contributed by atoms with E-state index in [0.29, 0.717) is 0 Å². The first kappa shape index (κ1) is 23.2. The minimum absolute atomic E-state index is 0.547. The van der Waals surface area contributed by atoms with Crippen molar-refractivity contribution >= 4 is 50.5 Å². The Labute approximate surface area is 178 Å². The summed E-state index contributed by atoms with van der Waals surface area (Å²) in [6.45, 7) is 5.69. The molecule has 156 valence electrons. The maximum Gasteiger partial charge on any atom is 0.303 e. The molecule has 11 heteroatoms. The first-order chi connectivity index (χ1) is 12.5. The Morgan fingerprint density at radius 1 is 1.04 bits per heavy atom. The van der Waals surface area contributed by atoms with Crippen molar-refractivity contribution in [3.8, 4) is 0 Å². The first-order valence-electron chi connectivity index (χ1n) is 8.44. The Balaban J connectivity index is 2.16. The van der Waals surface area contributed by atoms with Gasteiger partial charge in [-0.1, -0.05) is 38.5 Å². The molecule has 0 aromatic heterocycles. The van der Waals surface area contributed by atoms with Crippen molar-refractivity contribution in [1.29, 1.82) is 0 Å². The summed E-state index contributed by atoms with van der Waals surface area (Å²) in [5.74, 6) is -1.09. The van der Waals surface area contributed by atoms with Gasteiger partial charge in [-0.2, -0.15) is 0 Å². The molecule has 1 N–H and O–H groups in total. The topological polar surface area (TPSA) is 101 Å². The van der Waals surface area contributed by atoms with Crippen LogP contribution in [0.3, 0.4) is 0 Å². The Kier molecular flexibility index (Phi) is 8.26. The molecule has 0 saturated carbocycles. The molecule has 0 amide bonds. The number of halogens is 3. The van der Waals surface area contributed by atoms with Gasteiger partial charge in [0.1, 0.15) is 12.2 Å². The van der Waals surface area contributed by atoms with Gasteiger partial charge in [0.15, 0.2) is 18.5 Å². The van der Waals surface area contributed by atoms with Gasteiger partial charge < -0.3 is 28.8 Å². The monoisotopic (exact) mass is 568 g/mol. The summed E-state index contributed by atoms with van der Waals surface area (Å²) in [6, 6.07) is 0. The van der Waals surface area contributed by atoms with Crippen LogP contribution in [-0.4, -0.2) is 75.1 Å². The first-order valence-corrected chi connectivity index (χ1v) is 10.6. The largest absolute Gasteiger partial charge is 0.457 e. The molecule has 0 spiro atoms. The molecule has 2 rings (SSSR count). The van der Waals surface area contributed by atoms with Crippen LogP contribution in [0.25, 0.3) is 0 Å². The van der Waals surface area contributed by atoms with Crippen molar-refractivity contribution in [2.24, 2.45) is 0 Å². The highest BCUT2D eigenvalue weighted by molar-refractivity contribution is 14.1. The van der Waals surface area contributed by atoms with E-state index in [2.05, 4.69) is 15.9 Å². The predicted molar refractivity (Wildman–Crippen MR) is 102 cm³/mol. The fourth-order valence-corrected chi connectivity index (χ4v) is 4.36. The van der Waals surface area contributed by atoms with Crippen molar-refractivity contribution in [3.05, 3.63) is 0 Å². The molecule has 0 aromatic rings. The molecule has 2 aliphatic heterocycles. The number of alkyl halides is 3. The Bertz CT molecular complexity index is 555. The fourth-order valence-electron chi connectivity index (χ4n) is 3.07. The molecule has 0 aliphatic carbocycles. The molecular weight excluding hydrogens is 546 g/mol. The Morgan fingerprint density at radius 3 is 2.11 bits per heavy atom. The van der Waals surface area contributed by atoms with Gasteiger partial charge in [-0.15, -0.1) is 0 Å². The van der Waals surface area contributed by atoms with Crippen LogP contribution in [0.1, 0.15) is 27.7 Å². The van der Waals surface area contributed by atoms with Crippen molar-refractivity contribution in [3.63, 3.8) is 0 Å². The second-order valence-corrected chi connectivity index (χ2v) is 9.03. The highest BCUT2D eigenvalue weighted by Gasteiger charge is 2.51. The van der Waals surface area contributed by atoms with Gasteiger partial charge >= 0.3 is 11.9 Å². The summed E-state index contributed by atoms with van der Waals surface area (Å²) >= 11 is 5.13. The van der Waals surface area contributed by atoms with Crippen LogP contribution in [0.4, 0.5) is 4.39 Å². The van der Waals surface area contributed by atoms with Gasteiger partial charge in [0.05, 0.1) is 21.0 Å². The lowest BCUT2D eigenvalue weighted by Crippen LogP contribution is -2.61. The van der Waals surface area contributed by atoms with Crippen LogP contribution < -0.4 is 0 Å². The smallest absolute Gasteiger partial charge is 0.303 e. The van der Waals surface area contributed by atoms with Crippen LogP contribution >= 0.6 is 38.5 Å². The van der Waals surface area contributed by atoms with Crippen LogP contribution in [0, 0.1) is 0 Å². The standard InChI is InChI=1S/C16H23BrFIO8/c1-5-12(25-7(3)20)11(22)9(17)16(24-5)27-14-10(19)15(18)23-6(2)13(14)26-8(4)21/h5-6,9-16,22H,1-4H3/t5-,6-,9-,10-,11-,12+,13-,14-,15+,16+/m1/s1. The SMILES string of the molecule is CC(=O)O[C@@H]1[C@H](O)[C@@H](Br)[C@H](O[C@@H]2[C@@H](I)[C@@H](F)O[C@H](C)[C@H]2OC(C)=O)O[C@@H]1C. The molecule has 0 bridgehead atoms. The molecule has 10 atom stereocenters. The average molecular weight is 569 g/mol. The zero-order valence-corrected chi connectivity index (χ0v) is 19.0. The average Bonchev–Trinajstić information content (AvgIpc) is 2.56. The van der Waals surface area contributed by atoms with E-state index < -0.39 is 70.0 Å². The minimum Gasteiger partial charge on any atom is -0.457 e. The number of hydrogen-bond acceptors (Lipinski definition) is 8. The number of aliphatic hydroxyl groups is 1. The summed E-state index contributed by atoms with van der Waals surface area (Å²) < 4.78 is 40.6. The van der Waals surface area contributed by atoms with Crippen molar-refractivity contribution in [1.82, 2.24) is 0 Å². The second-order valence-electron chi connectivity index (χ2n) is 6.53.